The number of nitrogens with one attached hydrogen (secondary N) is 1. The summed E-state index contributed by atoms with van der Waals surface area (Å²) in [6.07, 6.45) is 0.541. The molecule has 1 N–H and O–H groups in total. The number of thiazole rings is 1. The Morgan fingerprint density at radius 3 is 2.58 bits per heavy atom. The average molecular weight is 389 g/mol. The molecular weight excluding hydrogens is 368 g/mol. The van der Waals surface area contributed by atoms with E-state index >= 15 is 0 Å². The van der Waals surface area contributed by atoms with Crippen LogP contribution in [0.2, 0.25) is 0 Å². The van der Waals surface area contributed by atoms with Crippen molar-refractivity contribution in [3.63, 3.8) is 0 Å². The lowest BCUT2D eigenvalue weighted by atomic mass is 10.2. The molecule has 3 aromatic rings. The van der Waals surface area contributed by atoms with E-state index in [2.05, 4.69) is 9.71 Å². The smallest absolute Gasteiger partial charge is 0.215 e. The van der Waals surface area contributed by atoms with Gasteiger partial charge in [0.1, 0.15) is 10.8 Å². The van der Waals surface area contributed by atoms with Crippen molar-refractivity contribution in [2.45, 2.75) is 12.2 Å². The third-order valence-electron chi connectivity index (χ3n) is 3.79. The lowest BCUT2D eigenvalue weighted by Gasteiger charge is -2.06. The number of rotatable bonds is 8. The number of ether oxygens (including phenoxy) is 1. The molecule has 0 fully saturated rings. The zero-order chi connectivity index (χ0) is 18.4. The van der Waals surface area contributed by atoms with Crippen LogP contribution in [0.3, 0.4) is 0 Å². The summed E-state index contributed by atoms with van der Waals surface area (Å²) in [5.41, 5.74) is 2.57. The molecule has 3 rings (SSSR count). The molecule has 0 amide bonds. The highest BCUT2D eigenvalue weighted by Gasteiger charge is 2.13. The van der Waals surface area contributed by atoms with Crippen LogP contribution in [0.5, 0.6) is 5.75 Å². The van der Waals surface area contributed by atoms with Crippen LogP contribution in [0.4, 0.5) is 0 Å². The topological polar surface area (TPSA) is 68.3 Å². The molecule has 0 aliphatic heterocycles. The fourth-order valence-electron chi connectivity index (χ4n) is 2.55. The van der Waals surface area contributed by atoms with Crippen molar-refractivity contribution in [3.8, 4) is 16.3 Å². The van der Waals surface area contributed by atoms with Gasteiger partial charge in [0.05, 0.1) is 24.1 Å². The van der Waals surface area contributed by atoms with Crippen molar-refractivity contribution in [2.75, 3.05) is 13.7 Å². The van der Waals surface area contributed by atoms with Crippen LogP contribution in [0.15, 0.2) is 60.0 Å². The molecule has 2 aromatic carbocycles. The first-order chi connectivity index (χ1) is 12.6. The second kappa shape index (κ2) is 8.44. The number of aromatic nitrogens is 1. The number of hydrogen-bond acceptors (Lipinski definition) is 5. The van der Waals surface area contributed by atoms with Crippen LogP contribution in [0.1, 0.15) is 11.3 Å². The van der Waals surface area contributed by atoms with Crippen LogP contribution in [-0.4, -0.2) is 27.1 Å². The summed E-state index contributed by atoms with van der Waals surface area (Å²) in [5, 5.41) is 2.82. The normalized spacial score (nSPS) is 11.4. The Kier molecular flexibility index (Phi) is 6.03. The van der Waals surface area contributed by atoms with Crippen molar-refractivity contribution < 1.29 is 13.2 Å². The minimum Gasteiger partial charge on any atom is -0.496 e. The largest absolute Gasteiger partial charge is 0.496 e. The molecule has 0 spiro atoms. The quantitative estimate of drug-likeness (QED) is 0.641. The first-order valence-corrected chi connectivity index (χ1v) is 10.7. The van der Waals surface area contributed by atoms with Crippen LogP contribution >= 0.6 is 11.3 Å². The maximum atomic E-state index is 12.2. The number of sulfonamides is 1. The summed E-state index contributed by atoms with van der Waals surface area (Å²) in [4.78, 5) is 4.60. The maximum absolute atomic E-state index is 12.2. The van der Waals surface area contributed by atoms with Gasteiger partial charge in [0.2, 0.25) is 10.0 Å². The van der Waals surface area contributed by atoms with Crippen molar-refractivity contribution in [2.24, 2.45) is 0 Å². The van der Waals surface area contributed by atoms with E-state index in [9.17, 15) is 8.42 Å². The molecule has 1 aromatic heterocycles. The Balaban J connectivity index is 1.58. The van der Waals surface area contributed by atoms with E-state index in [0.29, 0.717) is 13.0 Å². The van der Waals surface area contributed by atoms with Gasteiger partial charge in [0.15, 0.2) is 0 Å². The van der Waals surface area contributed by atoms with E-state index in [1.807, 2.05) is 47.8 Å². The second-order valence-electron chi connectivity index (χ2n) is 5.73. The molecule has 0 saturated carbocycles. The van der Waals surface area contributed by atoms with Crippen molar-refractivity contribution >= 4 is 21.4 Å². The van der Waals surface area contributed by atoms with Gasteiger partial charge in [-0.3, -0.25) is 0 Å². The van der Waals surface area contributed by atoms with Crippen molar-refractivity contribution in [1.82, 2.24) is 9.71 Å². The van der Waals surface area contributed by atoms with Gasteiger partial charge in [-0.25, -0.2) is 18.1 Å². The second-order valence-corrected chi connectivity index (χ2v) is 8.40. The van der Waals surface area contributed by atoms with E-state index in [1.54, 1.807) is 19.2 Å². The number of hydrogen-bond donors (Lipinski definition) is 1. The van der Waals surface area contributed by atoms with Crippen LogP contribution in [0.25, 0.3) is 10.6 Å². The summed E-state index contributed by atoms with van der Waals surface area (Å²) < 4.78 is 32.3. The molecule has 0 saturated heterocycles. The minimum absolute atomic E-state index is 0.0165. The van der Waals surface area contributed by atoms with Gasteiger partial charge >= 0.3 is 0 Å². The highest BCUT2D eigenvalue weighted by Crippen LogP contribution is 2.31. The minimum atomic E-state index is -3.36. The number of methoxy groups -OCH3 is 1. The SMILES string of the molecule is COc1ccccc1-c1nc(CCNS(=O)(=O)Cc2ccccc2)cs1. The summed E-state index contributed by atoms with van der Waals surface area (Å²) in [5.74, 6) is 0.758. The van der Waals surface area contributed by atoms with E-state index in [1.165, 1.54) is 11.3 Å². The number of para-hydroxylation sites is 1. The van der Waals surface area contributed by atoms with E-state index in [4.69, 9.17) is 4.74 Å². The maximum Gasteiger partial charge on any atom is 0.215 e. The Morgan fingerprint density at radius 2 is 1.81 bits per heavy atom. The van der Waals surface area contributed by atoms with Crippen LogP contribution < -0.4 is 9.46 Å². The summed E-state index contributed by atoms with van der Waals surface area (Å²) in [6.45, 7) is 0.324. The molecular formula is C19H20N2O3S2. The van der Waals surface area contributed by atoms with Crippen LogP contribution in [0, 0.1) is 0 Å². The first-order valence-electron chi connectivity index (χ1n) is 8.16. The van der Waals surface area contributed by atoms with E-state index in [0.717, 1.165) is 27.6 Å². The van der Waals surface area contributed by atoms with E-state index < -0.39 is 10.0 Å². The lowest BCUT2D eigenvalue weighted by molar-refractivity contribution is 0.416. The highest BCUT2D eigenvalue weighted by molar-refractivity contribution is 7.88. The predicted octanol–water partition coefficient (Wildman–Crippen LogP) is 3.48. The molecule has 0 atom stereocenters. The molecule has 1 heterocycles. The highest BCUT2D eigenvalue weighted by atomic mass is 32.2. The summed E-state index contributed by atoms with van der Waals surface area (Å²) in [7, 11) is -1.72. The van der Waals surface area contributed by atoms with Gasteiger partial charge in [0, 0.05) is 18.3 Å². The molecule has 136 valence electrons. The zero-order valence-corrected chi connectivity index (χ0v) is 16.0. The molecule has 0 unspecified atom stereocenters. The van der Waals surface area contributed by atoms with Crippen LogP contribution in [-0.2, 0) is 22.2 Å². The van der Waals surface area contributed by atoms with Gasteiger partial charge in [-0.15, -0.1) is 11.3 Å². The van der Waals surface area contributed by atoms with Gasteiger partial charge in [-0.1, -0.05) is 42.5 Å². The molecule has 0 radical (unpaired) electrons. The monoisotopic (exact) mass is 388 g/mol. The van der Waals surface area contributed by atoms with Gasteiger partial charge in [0.25, 0.3) is 0 Å². The molecule has 5 nitrogen and oxygen atoms in total. The lowest BCUT2D eigenvalue weighted by Crippen LogP contribution is -2.27. The van der Waals surface area contributed by atoms with Gasteiger partial charge in [-0.2, -0.15) is 0 Å². The fraction of sp³-hybridized carbons (Fsp3) is 0.211. The Hall–Kier alpha value is -2.22. The molecule has 0 aliphatic carbocycles. The molecule has 7 heteroatoms. The third kappa shape index (κ3) is 4.91. The predicted molar refractivity (Wildman–Crippen MR) is 105 cm³/mol. The number of nitrogens with zero attached hydrogens (tertiary/aromatic N) is 1. The van der Waals surface area contributed by atoms with E-state index in [-0.39, 0.29) is 5.75 Å². The van der Waals surface area contributed by atoms with Crippen molar-refractivity contribution in [3.05, 3.63) is 71.2 Å². The van der Waals surface area contributed by atoms with Gasteiger partial charge < -0.3 is 4.74 Å². The Bertz CT molecular complexity index is 954. The average Bonchev–Trinajstić information content (AvgIpc) is 3.10. The molecule has 0 aliphatic rings. The Morgan fingerprint density at radius 1 is 1.08 bits per heavy atom. The standard InChI is InChI=1S/C19H20N2O3S2/c1-24-18-10-6-5-9-17(18)19-21-16(13-25-19)11-12-20-26(22,23)14-15-7-3-2-4-8-15/h2-10,13,20H,11-12,14H2,1H3. The molecule has 0 bridgehead atoms. The first kappa shape index (κ1) is 18.6. The number of benzene rings is 2. The fourth-order valence-corrected chi connectivity index (χ4v) is 4.58. The molecule has 26 heavy (non-hydrogen) atoms. The van der Waals surface area contributed by atoms with Crippen molar-refractivity contribution in [1.29, 1.82) is 0 Å². The zero-order valence-electron chi connectivity index (χ0n) is 14.4. The third-order valence-corrected chi connectivity index (χ3v) is 6.07. The summed E-state index contributed by atoms with van der Waals surface area (Å²) >= 11 is 1.52. The van der Waals surface area contributed by atoms with Gasteiger partial charge in [-0.05, 0) is 17.7 Å². The summed E-state index contributed by atoms with van der Waals surface area (Å²) in [6, 6.07) is 16.9. The Labute approximate surface area is 157 Å².